The molecule has 2 heterocycles. The van der Waals surface area contributed by atoms with Gasteiger partial charge in [-0.2, -0.15) is 11.8 Å². The summed E-state index contributed by atoms with van der Waals surface area (Å²) in [5, 5.41) is 7.87. The van der Waals surface area contributed by atoms with Crippen LogP contribution in [0.25, 0.3) is 0 Å². The number of thioether (sulfide) groups is 1. The van der Waals surface area contributed by atoms with Gasteiger partial charge in [0.05, 0.1) is 0 Å². The van der Waals surface area contributed by atoms with E-state index >= 15 is 0 Å². The zero-order valence-electron chi connectivity index (χ0n) is 8.78. The van der Waals surface area contributed by atoms with Crippen molar-refractivity contribution < 1.29 is 4.42 Å². The minimum Gasteiger partial charge on any atom is -0.423 e. The van der Waals surface area contributed by atoms with Crippen molar-refractivity contribution >= 4 is 23.4 Å². The molecule has 1 aliphatic heterocycles. The van der Waals surface area contributed by atoms with Crippen molar-refractivity contribution in [2.45, 2.75) is 37.5 Å². The molecule has 0 amide bonds. The van der Waals surface area contributed by atoms with Gasteiger partial charge in [-0.3, -0.25) is 0 Å². The van der Waals surface area contributed by atoms with Gasteiger partial charge in [-0.15, -0.1) is 21.8 Å². The maximum atomic E-state index is 5.89. The summed E-state index contributed by atoms with van der Waals surface area (Å²) in [7, 11) is 0. The molecule has 2 rings (SSSR count). The van der Waals surface area contributed by atoms with Crippen LogP contribution in [0.4, 0.5) is 0 Å². The quantitative estimate of drug-likeness (QED) is 0.750. The summed E-state index contributed by atoms with van der Waals surface area (Å²) in [5.74, 6) is 4.21. The van der Waals surface area contributed by atoms with E-state index in [0.29, 0.717) is 11.8 Å². The topological polar surface area (TPSA) is 38.9 Å². The highest BCUT2D eigenvalue weighted by Gasteiger charge is 2.21. The second kappa shape index (κ2) is 5.21. The van der Waals surface area contributed by atoms with Crippen LogP contribution in [-0.2, 0) is 0 Å². The fourth-order valence-corrected chi connectivity index (χ4v) is 2.84. The first kappa shape index (κ1) is 11.3. The van der Waals surface area contributed by atoms with Crippen molar-refractivity contribution in [1.82, 2.24) is 10.2 Å². The summed E-state index contributed by atoms with van der Waals surface area (Å²) in [6, 6.07) is 0. The van der Waals surface area contributed by atoms with Crippen molar-refractivity contribution in [2.75, 3.05) is 11.5 Å². The van der Waals surface area contributed by atoms with E-state index in [1.165, 1.54) is 17.9 Å². The number of rotatable bonds is 2. The monoisotopic (exact) mass is 246 g/mol. The first-order valence-electron chi connectivity index (χ1n) is 5.32. The summed E-state index contributed by atoms with van der Waals surface area (Å²) in [4.78, 5) is 0. The average molecular weight is 247 g/mol. The molecule has 1 fully saturated rings. The zero-order chi connectivity index (χ0) is 10.7. The number of aromatic nitrogens is 2. The molecular weight excluding hydrogens is 232 g/mol. The number of hydrogen-bond acceptors (Lipinski definition) is 4. The molecule has 15 heavy (non-hydrogen) atoms. The second-order valence-corrected chi connectivity index (χ2v) is 5.71. The lowest BCUT2D eigenvalue weighted by Gasteiger charge is -2.07. The first-order valence-corrected chi connectivity index (χ1v) is 6.91. The average Bonchev–Trinajstić information content (AvgIpc) is 2.55. The first-order chi connectivity index (χ1) is 7.27. The third-order valence-corrected chi connectivity index (χ3v) is 3.89. The van der Waals surface area contributed by atoms with Crippen molar-refractivity contribution in [1.29, 1.82) is 0 Å². The van der Waals surface area contributed by atoms with Crippen LogP contribution in [0.15, 0.2) is 4.42 Å². The molecule has 2 unspecified atom stereocenters. The molecule has 1 aromatic rings. The van der Waals surface area contributed by atoms with Gasteiger partial charge >= 0.3 is 0 Å². The molecule has 0 saturated carbocycles. The van der Waals surface area contributed by atoms with Crippen LogP contribution in [0.5, 0.6) is 0 Å². The van der Waals surface area contributed by atoms with Crippen LogP contribution >= 0.6 is 23.4 Å². The van der Waals surface area contributed by atoms with Gasteiger partial charge in [-0.1, -0.05) is 0 Å². The summed E-state index contributed by atoms with van der Waals surface area (Å²) in [5.41, 5.74) is 0. The smallest absolute Gasteiger partial charge is 0.234 e. The van der Waals surface area contributed by atoms with Gasteiger partial charge in [0.15, 0.2) is 0 Å². The molecule has 1 aliphatic rings. The highest BCUT2D eigenvalue weighted by atomic mass is 35.5. The van der Waals surface area contributed by atoms with Crippen molar-refractivity contribution in [2.24, 2.45) is 0 Å². The number of hydrogen-bond donors (Lipinski definition) is 0. The molecule has 3 nitrogen and oxygen atoms in total. The Morgan fingerprint density at radius 1 is 1.40 bits per heavy atom. The Morgan fingerprint density at radius 3 is 3.00 bits per heavy atom. The van der Waals surface area contributed by atoms with Crippen molar-refractivity contribution in [3.8, 4) is 0 Å². The van der Waals surface area contributed by atoms with Gasteiger partial charge in [-0.25, -0.2) is 0 Å². The molecule has 0 N–H and O–H groups in total. The lowest BCUT2D eigenvalue weighted by molar-refractivity contribution is 0.400. The lowest BCUT2D eigenvalue weighted by Crippen LogP contribution is -1.98. The summed E-state index contributed by atoms with van der Waals surface area (Å²) in [6.45, 7) is 1.85. The van der Waals surface area contributed by atoms with Crippen LogP contribution in [-0.4, -0.2) is 21.7 Å². The predicted molar refractivity (Wildman–Crippen MR) is 62.5 cm³/mol. The van der Waals surface area contributed by atoms with E-state index in [1.807, 2.05) is 18.7 Å². The highest BCUT2D eigenvalue weighted by Crippen LogP contribution is 2.31. The lowest BCUT2D eigenvalue weighted by atomic mass is 10.0. The third kappa shape index (κ3) is 2.88. The second-order valence-electron chi connectivity index (χ2n) is 3.83. The van der Waals surface area contributed by atoms with Crippen molar-refractivity contribution in [3.05, 3.63) is 11.8 Å². The van der Waals surface area contributed by atoms with Gasteiger partial charge in [0.25, 0.3) is 0 Å². The maximum absolute atomic E-state index is 5.89. The Morgan fingerprint density at radius 2 is 2.27 bits per heavy atom. The Kier molecular flexibility index (Phi) is 3.92. The normalized spacial score (nSPS) is 24.8. The highest BCUT2D eigenvalue weighted by molar-refractivity contribution is 7.99. The Hall–Kier alpha value is -0.220. The minimum absolute atomic E-state index is 0.189. The van der Waals surface area contributed by atoms with E-state index in [0.717, 1.165) is 18.7 Å². The summed E-state index contributed by atoms with van der Waals surface area (Å²) < 4.78 is 5.58. The molecule has 84 valence electrons. The summed E-state index contributed by atoms with van der Waals surface area (Å²) >= 11 is 7.90. The molecule has 0 aromatic carbocycles. The van der Waals surface area contributed by atoms with Crippen LogP contribution in [0.2, 0.25) is 0 Å². The molecule has 5 heteroatoms. The maximum Gasteiger partial charge on any atom is 0.234 e. The van der Waals surface area contributed by atoms with Gasteiger partial charge in [0.1, 0.15) is 5.38 Å². The van der Waals surface area contributed by atoms with Crippen LogP contribution in [0.1, 0.15) is 49.3 Å². The largest absolute Gasteiger partial charge is 0.423 e. The molecule has 1 saturated heterocycles. The molecule has 1 aromatic heterocycles. The third-order valence-electron chi connectivity index (χ3n) is 2.60. The molecule has 0 bridgehead atoms. The molecule has 0 radical (unpaired) electrons. The standard InChI is InChI=1S/C10H15ClN2OS/c1-7(11)9-12-13-10(14-9)8-3-2-5-15-6-4-8/h7-8H,2-6H2,1H3. The van der Waals surface area contributed by atoms with Crippen LogP contribution in [0, 0.1) is 0 Å². The van der Waals surface area contributed by atoms with Crippen LogP contribution in [0.3, 0.4) is 0 Å². The van der Waals surface area contributed by atoms with E-state index < -0.39 is 0 Å². The Balaban J connectivity index is 2.06. The van der Waals surface area contributed by atoms with E-state index in [1.54, 1.807) is 0 Å². The minimum atomic E-state index is -0.189. The van der Waals surface area contributed by atoms with Crippen LogP contribution < -0.4 is 0 Å². The molecule has 0 aliphatic carbocycles. The van der Waals surface area contributed by atoms with E-state index in [-0.39, 0.29) is 5.38 Å². The fourth-order valence-electron chi connectivity index (χ4n) is 1.72. The molecule has 2 atom stereocenters. The van der Waals surface area contributed by atoms with Gasteiger partial charge in [-0.05, 0) is 37.7 Å². The fraction of sp³-hybridized carbons (Fsp3) is 0.800. The Labute approximate surface area is 99.0 Å². The van der Waals surface area contributed by atoms with E-state index in [4.69, 9.17) is 16.0 Å². The Bertz CT molecular complexity index is 308. The number of alkyl halides is 1. The van der Waals surface area contributed by atoms with E-state index in [2.05, 4.69) is 10.2 Å². The van der Waals surface area contributed by atoms with Gasteiger partial charge < -0.3 is 4.42 Å². The number of halogens is 1. The number of nitrogens with zero attached hydrogens (tertiary/aromatic N) is 2. The molecular formula is C10H15ClN2OS. The van der Waals surface area contributed by atoms with E-state index in [9.17, 15) is 0 Å². The van der Waals surface area contributed by atoms with Crippen molar-refractivity contribution in [3.63, 3.8) is 0 Å². The van der Waals surface area contributed by atoms with Gasteiger partial charge in [0.2, 0.25) is 11.8 Å². The van der Waals surface area contributed by atoms with Gasteiger partial charge in [0, 0.05) is 5.92 Å². The summed E-state index contributed by atoms with van der Waals surface area (Å²) in [6.07, 6.45) is 3.54. The SMILES string of the molecule is CC(Cl)c1nnc(C2CCCSCC2)o1. The molecule has 0 spiro atoms. The zero-order valence-corrected chi connectivity index (χ0v) is 10.4. The predicted octanol–water partition coefficient (Wildman–Crippen LogP) is 3.37.